The maximum absolute atomic E-state index is 12.8. The van der Waals surface area contributed by atoms with Crippen molar-refractivity contribution in [2.24, 2.45) is 0 Å². The number of anilines is 2. The summed E-state index contributed by atoms with van der Waals surface area (Å²) in [6, 6.07) is 14.8. The summed E-state index contributed by atoms with van der Waals surface area (Å²) in [5.74, 6) is 0.00941. The Kier molecular flexibility index (Phi) is 7.27. The number of nitrogens with one attached hydrogen (secondary N) is 2. The molecule has 0 bridgehead atoms. The molecule has 0 spiro atoms. The highest BCUT2D eigenvalue weighted by atomic mass is 32.1. The van der Waals surface area contributed by atoms with Crippen molar-refractivity contribution in [3.63, 3.8) is 0 Å². The predicted molar refractivity (Wildman–Crippen MR) is 149 cm³/mol. The third-order valence-electron chi connectivity index (χ3n) is 6.59. The SMILES string of the molecule is Cc1cc(-c2cc(CCNCC(=O)c3sc4nc(C)ccc4c3N)ccc2N2CCNCC2)ccn1. The van der Waals surface area contributed by atoms with Crippen molar-refractivity contribution in [2.75, 3.05) is 49.9 Å². The van der Waals surface area contributed by atoms with Crippen molar-refractivity contribution >= 4 is 38.7 Å². The molecule has 1 aliphatic rings. The zero-order valence-corrected chi connectivity index (χ0v) is 21.6. The first-order chi connectivity index (χ1) is 17.5. The predicted octanol–water partition coefficient (Wildman–Crippen LogP) is 3.98. The van der Waals surface area contributed by atoms with Crippen molar-refractivity contribution < 1.29 is 4.79 Å². The van der Waals surface area contributed by atoms with Crippen molar-refractivity contribution in [1.29, 1.82) is 0 Å². The molecule has 5 rings (SSSR count). The number of thiophene rings is 1. The van der Waals surface area contributed by atoms with E-state index < -0.39 is 0 Å². The molecule has 4 aromatic rings. The normalized spacial score (nSPS) is 13.9. The summed E-state index contributed by atoms with van der Waals surface area (Å²) < 4.78 is 0. The van der Waals surface area contributed by atoms with E-state index in [4.69, 9.17) is 5.73 Å². The zero-order valence-electron chi connectivity index (χ0n) is 20.8. The van der Waals surface area contributed by atoms with Gasteiger partial charge in [-0.2, -0.15) is 0 Å². The van der Waals surface area contributed by atoms with E-state index in [1.54, 1.807) is 0 Å². The molecule has 1 saturated heterocycles. The Labute approximate surface area is 215 Å². The number of nitrogens with two attached hydrogens (primary N) is 1. The first kappa shape index (κ1) is 24.4. The minimum absolute atomic E-state index is 0.00941. The number of fused-ring (bicyclic) bond motifs is 1. The van der Waals surface area contributed by atoms with Gasteiger partial charge in [-0.1, -0.05) is 6.07 Å². The number of piperazine rings is 1. The van der Waals surface area contributed by atoms with Gasteiger partial charge in [0.25, 0.3) is 0 Å². The van der Waals surface area contributed by atoms with E-state index in [0.29, 0.717) is 17.1 Å². The summed E-state index contributed by atoms with van der Waals surface area (Å²) >= 11 is 1.38. The van der Waals surface area contributed by atoms with Gasteiger partial charge >= 0.3 is 0 Å². The molecule has 4 N–H and O–H groups in total. The summed E-state index contributed by atoms with van der Waals surface area (Å²) in [6.07, 6.45) is 2.71. The van der Waals surface area contributed by atoms with Crippen LogP contribution in [0.4, 0.5) is 11.4 Å². The lowest BCUT2D eigenvalue weighted by molar-refractivity contribution is 0.0996. The molecule has 186 valence electrons. The van der Waals surface area contributed by atoms with Crippen molar-refractivity contribution in [3.05, 3.63) is 70.5 Å². The molecule has 1 fully saturated rings. The number of nitrogens with zero attached hydrogens (tertiary/aromatic N) is 3. The molecule has 0 saturated carbocycles. The maximum atomic E-state index is 12.8. The minimum Gasteiger partial charge on any atom is -0.397 e. The van der Waals surface area contributed by atoms with Crippen LogP contribution in [0.15, 0.2) is 48.7 Å². The molecular formula is C28H32N6OS. The van der Waals surface area contributed by atoms with Crippen LogP contribution in [-0.4, -0.2) is 55.0 Å². The summed E-state index contributed by atoms with van der Waals surface area (Å²) in [6.45, 7) is 8.91. The van der Waals surface area contributed by atoms with Crippen LogP contribution in [0.5, 0.6) is 0 Å². The van der Waals surface area contributed by atoms with Gasteiger partial charge in [0.15, 0.2) is 5.78 Å². The third-order valence-corrected chi connectivity index (χ3v) is 7.74. The second-order valence-corrected chi connectivity index (χ2v) is 10.3. The van der Waals surface area contributed by atoms with Crippen LogP contribution in [0.3, 0.4) is 0 Å². The van der Waals surface area contributed by atoms with Crippen LogP contribution < -0.4 is 21.3 Å². The summed E-state index contributed by atoms with van der Waals surface area (Å²) in [4.78, 5) is 25.6. The van der Waals surface area contributed by atoms with E-state index in [9.17, 15) is 4.79 Å². The standard InChI is InChI=1S/C28H32N6OS/c1-18-3-5-22-26(29)27(36-28(22)33-18)25(35)17-31-9-7-20-4-6-24(34-13-11-30-12-14-34)23(16-20)21-8-10-32-19(2)15-21/h3-6,8,10,15-16,30-31H,7,9,11-14,17,29H2,1-2H3. The van der Waals surface area contributed by atoms with Gasteiger partial charge in [0.2, 0.25) is 0 Å². The molecule has 1 aliphatic heterocycles. The number of benzene rings is 1. The maximum Gasteiger partial charge on any atom is 0.188 e. The number of pyridine rings is 2. The van der Waals surface area contributed by atoms with E-state index in [1.165, 1.54) is 33.7 Å². The van der Waals surface area contributed by atoms with Gasteiger partial charge in [-0.25, -0.2) is 4.98 Å². The number of rotatable bonds is 8. The number of carbonyl (C=O) groups excluding carboxylic acids is 1. The van der Waals surface area contributed by atoms with Gasteiger partial charge in [-0.3, -0.25) is 9.78 Å². The Bertz CT molecular complexity index is 1390. The van der Waals surface area contributed by atoms with Gasteiger partial charge in [-0.05, 0) is 74.3 Å². The monoisotopic (exact) mass is 500 g/mol. The Balaban J connectivity index is 1.27. The number of hydrogen-bond donors (Lipinski definition) is 3. The quantitative estimate of drug-likeness (QED) is 0.249. The van der Waals surface area contributed by atoms with Crippen molar-refractivity contribution in [3.8, 4) is 11.1 Å². The lowest BCUT2D eigenvalue weighted by Crippen LogP contribution is -2.43. The van der Waals surface area contributed by atoms with E-state index in [1.807, 2.05) is 32.2 Å². The zero-order chi connectivity index (χ0) is 25.1. The highest BCUT2D eigenvalue weighted by Gasteiger charge is 2.18. The summed E-state index contributed by atoms with van der Waals surface area (Å²) in [5, 5.41) is 7.61. The summed E-state index contributed by atoms with van der Waals surface area (Å²) in [7, 11) is 0. The number of hydrogen-bond acceptors (Lipinski definition) is 8. The smallest absolute Gasteiger partial charge is 0.188 e. The molecule has 0 atom stereocenters. The molecule has 0 radical (unpaired) electrons. The van der Waals surface area contributed by atoms with E-state index in [0.717, 1.165) is 54.2 Å². The van der Waals surface area contributed by atoms with Crippen LogP contribution in [-0.2, 0) is 6.42 Å². The molecule has 8 heteroatoms. The average molecular weight is 501 g/mol. The van der Waals surface area contributed by atoms with Gasteiger partial charge in [0.05, 0.1) is 17.1 Å². The second kappa shape index (κ2) is 10.7. The molecule has 0 aliphatic carbocycles. The molecule has 36 heavy (non-hydrogen) atoms. The average Bonchev–Trinajstić information content (AvgIpc) is 3.22. The number of Topliss-reactive ketones (excluding diaryl/α,β-unsaturated/α-hetero) is 1. The minimum atomic E-state index is 0.00941. The number of aromatic nitrogens is 2. The van der Waals surface area contributed by atoms with E-state index in [2.05, 4.69) is 55.8 Å². The lowest BCUT2D eigenvalue weighted by Gasteiger charge is -2.31. The number of carbonyl (C=O) groups is 1. The van der Waals surface area contributed by atoms with Crippen LogP contribution in [0, 0.1) is 13.8 Å². The highest BCUT2D eigenvalue weighted by Crippen LogP contribution is 2.34. The molecule has 4 heterocycles. The molecule has 3 aromatic heterocycles. The number of aryl methyl sites for hydroxylation is 2. The fourth-order valence-corrected chi connectivity index (χ4v) is 5.75. The van der Waals surface area contributed by atoms with Gasteiger partial charge < -0.3 is 21.3 Å². The second-order valence-electron chi connectivity index (χ2n) is 9.27. The largest absolute Gasteiger partial charge is 0.397 e. The Morgan fingerprint density at radius 1 is 1.11 bits per heavy atom. The van der Waals surface area contributed by atoms with Crippen molar-refractivity contribution in [2.45, 2.75) is 20.3 Å². The Hall–Kier alpha value is -3.33. The Morgan fingerprint density at radius 3 is 2.75 bits per heavy atom. The fourth-order valence-electron chi connectivity index (χ4n) is 4.68. The van der Waals surface area contributed by atoms with Gasteiger partial charge in [0.1, 0.15) is 4.83 Å². The molecule has 7 nitrogen and oxygen atoms in total. The van der Waals surface area contributed by atoms with Crippen LogP contribution in [0.1, 0.15) is 26.6 Å². The van der Waals surface area contributed by atoms with Gasteiger partial charge in [0, 0.05) is 60.4 Å². The fraction of sp³-hybridized carbons (Fsp3) is 0.321. The summed E-state index contributed by atoms with van der Waals surface area (Å²) in [5.41, 5.74) is 13.6. The van der Waals surface area contributed by atoms with Crippen LogP contribution in [0.2, 0.25) is 0 Å². The lowest BCUT2D eigenvalue weighted by atomic mass is 9.98. The number of nitrogen functional groups attached to an aromatic ring is 1. The topological polar surface area (TPSA) is 96.2 Å². The third kappa shape index (κ3) is 5.26. The molecule has 0 unspecified atom stereocenters. The highest BCUT2D eigenvalue weighted by molar-refractivity contribution is 7.21. The first-order valence-corrected chi connectivity index (χ1v) is 13.2. The number of ketones is 1. The first-order valence-electron chi connectivity index (χ1n) is 12.4. The van der Waals surface area contributed by atoms with Crippen LogP contribution in [0.25, 0.3) is 21.3 Å². The Morgan fingerprint density at radius 2 is 1.94 bits per heavy atom. The van der Waals surface area contributed by atoms with E-state index >= 15 is 0 Å². The van der Waals surface area contributed by atoms with Crippen molar-refractivity contribution in [1.82, 2.24) is 20.6 Å². The van der Waals surface area contributed by atoms with E-state index in [-0.39, 0.29) is 12.3 Å². The van der Waals surface area contributed by atoms with Crippen LogP contribution >= 0.6 is 11.3 Å². The van der Waals surface area contributed by atoms with Gasteiger partial charge in [-0.15, -0.1) is 11.3 Å². The molecule has 0 amide bonds. The molecule has 1 aromatic carbocycles. The molecular weight excluding hydrogens is 468 g/mol.